The lowest BCUT2D eigenvalue weighted by atomic mass is 10.1. The molecule has 4 nitrogen and oxygen atoms in total. The molecule has 0 saturated heterocycles. The fraction of sp³-hybridized carbons (Fsp3) is 0.286. The van der Waals surface area contributed by atoms with E-state index in [-0.39, 0.29) is 5.91 Å². The van der Waals surface area contributed by atoms with E-state index >= 15 is 0 Å². The maximum atomic E-state index is 12.2. The Balaban J connectivity index is 2.20. The van der Waals surface area contributed by atoms with Crippen molar-refractivity contribution in [2.45, 2.75) is 19.2 Å². The number of carbonyl (C=O) groups is 1. The van der Waals surface area contributed by atoms with E-state index in [4.69, 9.17) is 0 Å². The van der Waals surface area contributed by atoms with Crippen molar-refractivity contribution < 1.29 is 4.79 Å². The molecule has 0 aliphatic rings. The van der Waals surface area contributed by atoms with Crippen LogP contribution in [0.15, 0.2) is 24.3 Å². The van der Waals surface area contributed by atoms with Crippen LogP contribution in [0.5, 0.6) is 0 Å². The van der Waals surface area contributed by atoms with Gasteiger partial charge < -0.3 is 5.32 Å². The topological polar surface area (TPSA) is 46.9 Å². The molecule has 0 saturated carbocycles. The molecule has 0 radical (unpaired) electrons. The highest BCUT2D eigenvalue weighted by molar-refractivity contribution is 9.08. The normalized spacial score (nSPS) is 10.5. The second-order valence-corrected chi connectivity index (χ2v) is 5.01. The number of nitrogens with one attached hydrogen (secondary N) is 1. The molecule has 0 fully saturated rings. The number of anilines is 1. The lowest BCUT2D eigenvalue weighted by Gasteiger charge is -2.06. The third-order valence-corrected chi connectivity index (χ3v) is 3.77. The average Bonchev–Trinajstić information content (AvgIpc) is 2.65. The average molecular weight is 322 g/mol. The molecule has 0 spiro atoms. The van der Waals surface area contributed by atoms with Gasteiger partial charge in [-0.05, 0) is 31.5 Å². The maximum absolute atomic E-state index is 12.2. The number of hydrogen-bond acceptors (Lipinski definition) is 2. The van der Waals surface area contributed by atoms with Gasteiger partial charge in [-0.2, -0.15) is 5.10 Å². The molecule has 1 amide bonds. The van der Waals surface area contributed by atoms with Crippen LogP contribution in [0.1, 0.15) is 27.3 Å². The number of hydrogen-bond donors (Lipinski definition) is 1. The van der Waals surface area contributed by atoms with Gasteiger partial charge in [0.2, 0.25) is 0 Å². The lowest BCUT2D eigenvalue weighted by Crippen LogP contribution is -2.13. The summed E-state index contributed by atoms with van der Waals surface area (Å²) in [6, 6.07) is 7.53. The van der Waals surface area contributed by atoms with E-state index in [9.17, 15) is 4.79 Å². The van der Waals surface area contributed by atoms with Gasteiger partial charge in [0.25, 0.3) is 5.91 Å². The first-order valence-electron chi connectivity index (χ1n) is 5.99. The van der Waals surface area contributed by atoms with Gasteiger partial charge in [0.15, 0.2) is 0 Å². The van der Waals surface area contributed by atoms with Gasteiger partial charge in [-0.15, -0.1) is 0 Å². The number of carbonyl (C=O) groups excluding carboxylic acids is 1. The molecule has 1 heterocycles. The summed E-state index contributed by atoms with van der Waals surface area (Å²) >= 11 is 3.38. The lowest BCUT2D eigenvalue weighted by molar-refractivity contribution is 0.102. The van der Waals surface area contributed by atoms with Crippen LogP contribution in [0.4, 0.5) is 5.69 Å². The summed E-state index contributed by atoms with van der Waals surface area (Å²) in [6.45, 7) is 3.82. The standard InChI is InChI=1S/C14H16BrN3O/c1-9-13(10(2)18(3)17-9)16-14(19)12-6-4-11(8-15)5-7-12/h4-7H,8H2,1-3H3,(H,16,19). The molecule has 0 aliphatic heterocycles. The van der Waals surface area contributed by atoms with Crippen molar-refractivity contribution in [3.05, 3.63) is 46.8 Å². The predicted octanol–water partition coefficient (Wildman–Crippen LogP) is 3.18. The van der Waals surface area contributed by atoms with Crippen LogP contribution in [0.25, 0.3) is 0 Å². The highest BCUT2D eigenvalue weighted by atomic mass is 79.9. The van der Waals surface area contributed by atoms with E-state index in [0.29, 0.717) is 5.56 Å². The number of halogens is 1. The fourth-order valence-electron chi connectivity index (χ4n) is 1.89. The number of amides is 1. The van der Waals surface area contributed by atoms with Gasteiger partial charge in [0, 0.05) is 17.9 Å². The van der Waals surface area contributed by atoms with Crippen LogP contribution in [-0.2, 0) is 12.4 Å². The van der Waals surface area contributed by atoms with E-state index in [1.807, 2.05) is 45.2 Å². The Morgan fingerprint density at radius 3 is 2.42 bits per heavy atom. The van der Waals surface area contributed by atoms with Gasteiger partial charge >= 0.3 is 0 Å². The summed E-state index contributed by atoms with van der Waals surface area (Å²) in [4.78, 5) is 12.2. The molecule has 0 atom stereocenters. The second kappa shape index (κ2) is 5.57. The number of rotatable bonds is 3. The van der Waals surface area contributed by atoms with Crippen LogP contribution in [0.3, 0.4) is 0 Å². The Kier molecular flexibility index (Phi) is 4.04. The van der Waals surface area contributed by atoms with E-state index in [2.05, 4.69) is 26.3 Å². The summed E-state index contributed by atoms with van der Waals surface area (Å²) < 4.78 is 1.76. The van der Waals surface area contributed by atoms with Crippen LogP contribution < -0.4 is 5.32 Å². The molecule has 1 aromatic heterocycles. The number of aromatic nitrogens is 2. The summed E-state index contributed by atoms with van der Waals surface area (Å²) in [6.07, 6.45) is 0. The molecular weight excluding hydrogens is 306 g/mol. The monoisotopic (exact) mass is 321 g/mol. The molecule has 2 rings (SSSR count). The molecule has 1 aromatic carbocycles. The molecular formula is C14H16BrN3O. The summed E-state index contributed by atoms with van der Waals surface area (Å²) in [5, 5.41) is 7.99. The van der Waals surface area contributed by atoms with Crippen molar-refractivity contribution in [1.29, 1.82) is 0 Å². The summed E-state index contributed by atoms with van der Waals surface area (Å²) in [5.74, 6) is -0.111. The first-order chi connectivity index (χ1) is 9.02. The number of alkyl halides is 1. The highest BCUT2D eigenvalue weighted by Gasteiger charge is 2.13. The number of aryl methyl sites for hydroxylation is 2. The van der Waals surface area contributed by atoms with Crippen LogP contribution in [0.2, 0.25) is 0 Å². The van der Waals surface area contributed by atoms with E-state index in [1.54, 1.807) is 4.68 Å². The Labute approximate surface area is 120 Å². The first kappa shape index (κ1) is 13.8. The van der Waals surface area contributed by atoms with Crippen molar-refractivity contribution in [3.63, 3.8) is 0 Å². The van der Waals surface area contributed by atoms with E-state index in [0.717, 1.165) is 28.0 Å². The zero-order valence-electron chi connectivity index (χ0n) is 11.2. The molecule has 0 bridgehead atoms. The zero-order valence-corrected chi connectivity index (χ0v) is 12.8. The predicted molar refractivity (Wildman–Crippen MR) is 79.7 cm³/mol. The molecule has 0 unspecified atom stereocenters. The number of nitrogens with zero attached hydrogens (tertiary/aromatic N) is 2. The van der Waals surface area contributed by atoms with E-state index in [1.165, 1.54) is 0 Å². The van der Waals surface area contributed by atoms with Gasteiger partial charge in [-0.3, -0.25) is 9.48 Å². The Morgan fingerprint density at radius 1 is 1.32 bits per heavy atom. The van der Waals surface area contributed by atoms with Crippen molar-refractivity contribution in [2.24, 2.45) is 7.05 Å². The van der Waals surface area contributed by atoms with Gasteiger partial charge in [-0.25, -0.2) is 0 Å². The Bertz CT molecular complexity index is 602. The van der Waals surface area contributed by atoms with Crippen LogP contribution >= 0.6 is 15.9 Å². The van der Waals surface area contributed by atoms with Gasteiger partial charge in [0.05, 0.1) is 17.1 Å². The second-order valence-electron chi connectivity index (χ2n) is 4.45. The van der Waals surface area contributed by atoms with Crippen molar-refractivity contribution in [1.82, 2.24) is 9.78 Å². The SMILES string of the molecule is Cc1nn(C)c(C)c1NC(=O)c1ccc(CBr)cc1. The number of benzene rings is 1. The summed E-state index contributed by atoms with van der Waals surface area (Å²) in [7, 11) is 1.86. The molecule has 1 N–H and O–H groups in total. The van der Waals surface area contributed by atoms with Crippen molar-refractivity contribution in [2.75, 3.05) is 5.32 Å². The smallest absolute Gasteiger partial charge is 0.255 e. The van der Waals surface area contributed by atoms with Crippen LogP contribution in [-0.4, -0.2) is 15.7 Å². The zero-order chi connectivity index (χ0) is 14.0. The third kappa shape index (κ3) is 2.87. The first-order valence-corrected chi connectivity index (χ1v) is 7.11. The maximum Gasteiger partial charge on any atom is 0.255 e. The molecule has 5 heteroatoms. The molecule has 100 valence electrons. The molecule has 19 heavy (non-hydrogen) atoms. The van der Waals surface area contributed by atoms with Gasteiger partial charge in [0.1, 0.15) is 0 Å². The molecule has 0 aliphatic carbocycles. The quantitative estimate of drug-likeness (QED) is 0.882. The van der Waals surface area contributed by atoms with Gasteiger partial charge in [-0.1, -0.05) is 28.1 Å². The minimum atomic E-state index is -0.111. The Hall–Kier alpha value is -1.62. The highest BCUT2D eigenvalue weighted by Crippen LogP contribution is 2.19. The minimum absolute atomic E-state index is 0.111. The summed E-state index contributed by atoms with van der Waals surface area (Å²) in [5.41, 5.74) is 4.35. The fourth-order valence-corrected chi connectivity index (χ4v) is 2.26. The molecule has 2 aromatic rings. The van der Waals surface area contributed by atoms with Crippen molar-refractivity contribution in [3.8, 4) is 0 Å². The largest absolute Gasteiger partial charge is 0.319 e. The third-order valence-electron chi connectivity index (χ3n) is 3.12. The minimum Gasteiger partial charge on any atom is -0.319 e. The Morgan fingerprint density at radius 2 is 1.95 bits per heavy atom. The van der Waals surface area contributed by atoms with Crippen LogP contribution in [0, 0.1) is 13.8 Å². The van der Waals surface area contributed by atoms with E-state index < -0.39 is 0 Å². The van der Waals surface area contributed by atoms with Crippen molar-refractivity contribution >= 4 is 27.5 Å².